The molecule has 6 heteroatoms. The third-order valence-corrected chi connectivity index (χ3v) is 5.63. The second-order valence-electron chi connectivity index (χ2n) is 7.60. The third kappa shape index (κ3) is 5.21. The molecule has 2 amide bonds. The maximum atomic E-state index is 12.6. The average molecular weight is 380 g/mol. The van der Waals surface area contributed by atoms with E-state index in [4.69, 9.17) is 5.73 Å². The van der Waals surface area contributed by atoms with Gasteiger partial charge >= 0.3 is 0 Å². The fourth-order valence-corrected chi connectivity index (χ4v) is 3.82. The minimum Gasteiger partial charge on any atom is -0.348 e. The number of nitrogens with one attached hydrogen (secondary N) is 2. The van der Waals surface area contributed by atoms with Gasteiger partial charge in [0.2, 0.25) is 5.91 Å². The van der Waals surface area contributed by atoms with Gasteiger partial charge in [0.15, 0.2) is 0 Å². The summed E-state index contributed by atoms with van der Waals surface area (Å²) in [5.74, 6) is 0.989. The second-order valence-corrected chi connectivity index (χ2v) is 7.60. The third-order valence-electron chi connectivity index (χ3n) is 5.63. The van der Waals surface area contributed by atoms with Gasteiger partial charge in [-0.3, -0.25) is 9.59 Å². The number of rotatable bonds is 6. The summed E-state index contributed by atoms with van der Waals surface area (Å²) in [6.07, 6.45) is 6.95. The minimum absolute atomic E-state index is 0. The van der Waals surface area contributed by atoms with Crippen LogP contribution in [0.2, 0.25) is 0 Å². The molecule has 1 aromatic carbocycles. The van der Waals surface area contributed by atoms with Gasteiger partial charge in [-0.15, -0.1) is 12.4 Å². The van der Waals surface area contributed by atoms with Crippen LogP contribution in [0.1, 0.15) is 55.8 Å². The number of amides is 2. The molecular weight excluding hydrogens is 350 g/mol. The van der Waals surface area contributed by atoms with Crippen molar-refractivity contribution in [3.63, 3.8) is 0 Å². The summed E-state index contributed by atoms with van der Waals surface area (Å²) in [6.45, 7) is 2.54. The fourth-order valence-electron chi connectivity index (χ4n) is 3.82. The standard InChI is InChI=1S/C20H29N3O2.ClH/c1-13-10-17(13)20(25)22-16-9-5-8-15(11-16)19(24)23-18(12-21)14-6-3-2-4-7-14;/h5,8-9,11,13-14,17-18H,2-4,6-7,10,12,21H2,1H3,(H,22,25)(H,23,24);1H. The Labute approximate surface area is 161 Å². The van der Waals surface area contributed by atoms with E-state index in [-0.39, 0.29) is 36.2 Å². The molecule has 0 aromatic heterocycles. The zero-order valence-electron chi connectivity index (χ0n) is 15.4. The molecule has 2 aliphatic rings. The van der Waals surface area contributed by atoms with Gasteiger partial charge in [0, 0.05) is 29.8 Å². The minimum atomic E-state index is -0.114. The maximum absolute atomic E-state index is 12.6. The highest BCUT2D eigenvalue weighted by Crippen LogP contribution is 2.38. The highest BCUT2D eigenvalue weighted by molar-refractivity contribution is 5.98. The average Bonchev–Trinajstić information content (AvgIpc) is 3.37. The Morgan fingerprint density at radius 3 is 2.54 bits per heavy atom. The van der Waals surface area contributed by atoms with Crippen LogP contribution in [0.3, 0.4) is 0 Å². The fraction of sp³-hybridized carbons (Fsp3) is 0.600. The number of hydrogen-bond donors (Lipinski definition) is 3. The molecule has 26 heavy (non-hydrogen) atoms. The van der Waals surface area contributed by atoms with Crippen molar-refractivity contribution in [3.05, 3.63) is 29.8 Å². The van der Waals surface area contributed by atoms with Crippen LogP contribution in [0.25, 0.3) is 0 Å². The van der Waals surface area contributed by atoms with Gasteiger partial charge in [-0.1, -0.05) is 32.3 Å². The van der Waals surface area contributed by atoms with Gasteiger partial charge < -0.3 is 16.4 Å². The van der Waals surface area contributed by atoms with Crippen LogP contribution >= 0.6 is 12.4 Å². The molecule has 0 radical (unpaired) electrons. The van der Waals surface area contributed by atoms with E-state index in [1.165, 1.54) is 19.3 Å². The van der Waals surface area contributed by atoms with Crippen molar-refractivity contribution >= 4 is 29.9 Å². The summed E-state index contributed by atoms with van der Waals surface area (Å²) >= 11 is 0. The van der Waals surface area contributed by atoms with E-state index in [1.807, 2.05) is 6.07 Å². The second kappa shape index (κ2) is 9.38. The smallest absolute Gasteiger partial charge is 0.251 e. The van der Waals surface area contributed by atoms with Crippen molar-refractivity contribution in [1.82, 2.24) is 5.32 Å². The quantitative estimate of drug-likeness (QED) is 0.708. The lowest BCUT2D eigenvalue weighted by Gasteiger charge is -2.30. The molecule has 4 N–H and O–H groups in total. The molecule has 2 aliphatic carbocycles. The topological polar surface area (TPSA) is 84.2 Å². The lowest BCUT2D eigenvalue weighted by Crippen LogP contribution is -2.45. The van der Waals surface area contributed by atoms with E-state index in [0.717, 1.165) is 19.3 Å². The Hall–Kier alpha value is -1.59. The van der Waals surface area contributed by atoms with Gasteiger partial charge in [-0.2, -0.15) is 0 Å². The Kier molecular flexibility index (Phi) is 7.47. The van der Waals surface area contributed by atoms with Crippen LogP contribution in [0.5, 0.6) is 0 Å². The van der Waals surface area contributed by atoms with E-state index in [1.54, 1.807) is 18.2 Å². The van der Waals surface area contributed by atoms with E-state index in [9.17, 15) is 9.59 Å². The zero-order valence-corrected chi connectivity index (χ0v) is 16.2. The Balaban J connectivity index is 0.00000243. The lowest BCUT2D eigenvalue weighted by molar-refractivity contribution is -0.117. The first kappa shape index (κ1) is 20.7. The van der Waals surface area contributed by atoms with Crippen LogP contribution in [0.4, 0.5) is 5.69 Å². The summed E-state index contributed by atoms with van der Waals surface area (Å²) < 4.78 is 0. The maximum Gasteiger partial charge on any atom is 0.251 e. The Morgan fingerprint density at radius 1 is 1.23 bits per heavy atom. The summed E-state index contributed by atoms with van der Waals surface area (Å²) in [7, 11) is 0. The van der Waals surface area contributed by atoms with Gasteiger partial charge in [0.25, 0.3) is 5.91 Å². The first-order valence-corrected chi connectivity index (χ1v) is 9.50. The Morgan fingerprint density at radius 2 is 1.92 bits per heavy atom. The molecule has 0 heterocycles. The number of halogens is 1. The first-order chi connectivity index (χ1) is 12.1. The number of carbonyl (C=O) groups excluding carboxylic acids is 2. The van der Waals surface area contributed by atoms with Gasteiger partial charge in [-0.25, -0.2) is 0 Å². The van der Waals surface area contributed by atoms with Crippen LogP contribution in [-0.4, -0.2) is 24.4 Å². The van der Waals surface area contributed by atoms with E-state index in [2.05, 4.69) is 17.6 Å². The summed E-state index contributed by atoms with van der Waals surface area (Å²) in [5.41, 5.74) is 7.15. The number of benzene rings is 1. The number of carbonyl (C=O) groups is 2. The molecule has 0 saturated heterocycles. The van der Waals surface area contributed by atoms with Crippen molar-refractivity contribution in [2.45, 2.75) is 51.5 Å². The van der Waals surface area contributed by atoms with Crippen molar-refractivity contribution in [1.29, 1.82) is 0 Å². The predicted molar refractivity (Wildman–Crippen MR) is 106 cm³/mol. The molecule has 3 rings (SSSR count). The molecule has 0 spiro atoms. The normalized spacial score (nSPS) is 23.5. The molecule has 144 valence electrons. The van der Waals surface area contributed by atoms with Crippen LogP contribution in [0, 0.1) is 17.8 Å². The number of nitrogens with two attached hydrogens (primary N) is 1. The first-order valence-electron chi connectivity index (χ1n) is 9.50. The van der Waals surface area contributed by atoms with E-state index >= 15 is 0 Å². The summed E-state index contributed by atoms with van der Waals surface area (Å²) in [5, 5.41) is 6.02. The highest BCUT2D eigenvalue weighted by atomic mass is 35.5. The largest absolute Gasteiger partial charge is 0.348 e. The van der Waals surface area contributed by atoms with Crippen LogP contribution < -0.4 is 16.4 Å². The van der Waals surface area contributed by atoms with Crippen molar-refractivity contribution in [2.24, 2.45) is 23.5 Å². The van der Waals surface area contributed by atoms with E-state index < -0.39 is 0 Å². The van der Waals surface area contributed by atoms with Gasteiger partial charge in [-0.05, 0) is 49.3 Å². The van der Waals surface area contributed by atoms with Crippen molar-refractivity contribution in [2.75, 3.05) is 11.9 Å². The number of anilines is 1. The van der Waals surface area contributed by atoms with E-state index in [0.29, 0.717) is 29.6 Å². The lowest BCUT2D eigenvalue weighted by atomic mass is 9.84. The molecular formula is C20H30ClN3O2. The zero-order chi connectivity index (χ0) is 17.8. The number of hydrogen-bond acceptors (Lipinski definition) is 3. The molecule has 3 atom stereocenters. The molecule has 1 aromatic rings. The van der Waals surface area contributed by atoms with Gasteiger partial charge in [0.1, 0.15) is 0 Å². The Bertz CT molecular complexity index is 631. The van der Waals surface area contributed by atoms with Crippen molar-refractivity contribution in [3.8, 4) is 0 Å². The molecule has 3 unspecified atom stereocenters. The molecule has 0 aliphatic heterocycles. The predicted octanol–water partition coefficient (Wildman–Crippen LogP) is 3.34. The molecule has 2 fully saturated rings. The molecule has 2 saturated carbocycles. The van der Waals surface area contributed by atoms with Crippen LogP contribution in [0.15, 0.2) is 24.3 Å². The SMILES string of the molecule is CC1CC1C(=O)Nc1cccc(C(=O)NC(CN)C2CCCCC2)c1.Cl. The summed E-state index contributed by atoms with van der Waals surface area (Å²) in [4.78, 5) is 24.7. The molecule has 0 bridgehead atoms. The van der Waals surface area contributed by atoms with Gasteiger partial charge in [0.05, 0.1) is 0 Å². The van der Waals surface area contributed by atoms with Crippen molar-refractivity contribution < 1.29 is 9.59 Å². The van der Waals surface area contributed by atoms with Crippen LogP contribution in [-0.2, 0) is 4.79 Å². The monoisotopic (exact) mass is 379 g/mol. The molecule has 5 nitrogen and oxygen atoms in total. The summed E-state index contributed by atoms with van der Waals surface area (Å²) in [6, 6.07) is 7.18. The highest BCUT2D eigenvalue weighted by Gasteiger charge is 2.39.